The molecule has 1 saturated carbocycles. The molecule has 2 atom stereocenters. The van der Waals surface area contributed by atoms with Gasteiger partial charge in [-0.2, -0.15) is 0 Å². The molecule has 0 radical (unpaired) electrons. The van der Waals surface area contributed by atoms with Crippen LogP contribution < -0.4 is 4.31 Å². The van der Waals surface area contributed by atoms with Crippen LogP contribution in [0.3, 0.4) is 0 Å². The number of carbonyl (C=O) groups is 1. The molecule has 2 aliphatic rings. The van der Waals surface area contributed by atoms with E-state index in [1.54, 1.807) is 0 Å². The number of anilines is 1. The Morgan fingerprint density at radius 1 is 1.36 bits per heavy atom. The van der Waals surface area contributed by atoms with Crippen molar-refractivity contribution in [3.63, 3.8) is 0 Å². The van der Waals surface area contributed by atoms with Gasteiger partial charge in [0, 0.05) is 6.54 Å². The molecule has 1 aromatic carbocycles. The van der Waals surface area contributed by atoms with Crippen molar-refractivity contribution >= 4 is 21.7 Å². The maximum Gasteiger partial charge on any atom is 0.306 e. The van der Waals surface area contributed by atoms with Crippen molar-refractivity contribution in [3.8, 4) is 0 Å². The van der Waals surface area contributed by atoms with Gasteiger partial charge < -0.3 is 5.11 Å². The van der Waals surface area contributed by atoms with Crippen molar-refractivity contribution in [3.05, 3.63) is 29.3 Å². The second-order valence-corrected chi connectivity index (χ2v) is 8.32. The molecule has 1 heterocycles. The molecule has 0 bridgehead atoms. The fourth-order valence-corrected chi connectivity index (χ4v) is 5.16. The van der Waals surface area contributed by atoms with Crippen LogP contribution in [0.1, 0.15) is 30.4 Å². The molecule has 0 spiro atoms. The van der Waals surface area contributed by atoms with Gasteiger partial charge in [-0.1, -0.05) is 12.1 Å². The van der Waals surface area contributed by atoms with Gasteiger partial charge in [0.05, 0.1) is 17.4 Å². The molecule has 22 heavy (non-hydrogen) atoms. The topological polar surface area (TPSA) is 74.7 Å². The zero-order chi connectivity index (χ0) is 15.9. The van der Waals surface area contributed by atoms with Crippen molar-refractivity contribution in [1.82, 2.24) is 0 Å². The maximum atomic E-state index is 12.8. The third-order valence-electron chi connectivity index (χ3n) is 4.57. The fraction of sp³-hybridized carbons (Fsp3) is 0.562. The Labute approximate surface area is 131 Å². The normalized spacial score (nSPS) is 24.5. The van der Waals surface area contributed by atoms with Crippen LogP contribution in [0.25, 0.3) is 0 Å². The summed E-state index contributed by atoms with van der Waals surface area (Å²) in [7, 11) is -3.47. The van der Waals surface area contributed by atoms with Gasteiger partial charge in [-0.3, -0.25) is 9.10 Å². The Morgan fingerprint density at radius 3 is 2.82 bits per heavy atom. The van der Waals surface area contributed by atoms with Gasteiger partial charge in [0.2, 0.25) is 10.0 Å². The number of carboxylic acid groups (broad SMARTS) is 1. The third-order valence-corrected chi connectivity index (χ3v) is 6.47. The maximum absolute atomic E-state index is 12.8. The van der Waals surface area contributed by atoms with E-state index >= 15 is 0 Å². The number of benzene rings is 1. The Balaban J connectivity index is 1.87. The highest BCUT2D eigenvalue weighted by molar-refractivity contribution is 7.92. The molecule has 1 aliphatic heterocycles. The van der Waals surface area contributed by atoms with Crippen LogP contribution in [-0.4, -0.2) is 31.8 Å². The SMILES string of the molecule is Cc1ccc2c(c1)N(S(=O)(=O)C[C@@H]1C[C@H]1C(=O)O)CCCC2. The van der Waals surface area contributed by atoms with Crippen LogP contribution in [0.4, 0.5) is 5.69 Å². The summed E-state index contributed by atoms with van der Waals surface area (Å²) in [6.07, 6.45) is 3.18. The standard InChI is InChI=1S/C16H21NO4S/c1-11-5-6-12-4-2-3-7-17(15(12)8-11)22(20,21)10-13-9-14(13)16(18)19/h5-6,8,13-14H,2-4,7,9-10H2,1H3,(H,18,19)/t13-,14+/m0/s1. The van der Waals surface area contributed by atoms with E-state index < -0.39 is 21.9 Å². The number of rotatable bonds is 4. The summed E-state index contributed by atoms with van der Waals surface area (Å²) < 4.78 is 27.0. The minimum atomic E-state index is -3.47. The largest absolute Gasteiger partial charge is 0.481 e. The Kier molecular flexibility index (Phi) is 3.89. The van der Waals surface area contributed by atoms with Crippen LogP contribution >= 0.6 is 0 Å². The molecule has 0 saturated heterocycles. The number of hydrogen-bond donors (Lipinski definition) is 1. The van der Waals surface area contributed by atoms with E-state index in [0.29, 0.717) is 13.0 Å². The van der Waals surface area contributed by atoms with Crippen molar-refractivity contribution in [2.75, 3.05) is 16.6 Å². The van der Waals surface area contributed by atoms with Crippen molar-refractivity contribution in [2.45, 2.75) is 32.6 Å². The summed E-state index contributed by atoms with van der Waals surface area (Å²) in [5.74, 6) is -1.66. The van der Waals surface area contributed by atoms with E-state index in [0.717, 1.165) is 36.1 Å². The van der Waals surface area contributed by atoms with E-state index in [4.69, 9.17) is 5.11 Å². The van der Waals surface area contributed by atoms with Crippen molar-refractivity contribution in [1.29, 1.82) is 0 Å². The molecule has 0 aromatic heterocycles. The summed E-state index contributed by atoms with van der Waals surface area (Å²) in [4.78, 5) is 10.9. The van der Waals surface area contributed by atoms with Gasteiger partial charge >= 0.3 is 5.97 Å². The monoisotopic (exact) mass is 323 g/mol. The van der Waals surface area contributed by atoms with Gasteiger partial charge in [0.15, 0.2) is 0 Å². The Bertz CT molecular complexity index is 698. The molecule has 120 valence electrons. The van der Waals surface area contributed by atoms with E-state index in [2.05, 4.69) is 0 Å². The minimum Gasteiger partial charge on any atom is -0.481 e. The number of sulfonamides is 1. The third kappa shape index (κ3) is 2.97. The van der Waals surface area contributed by atoms with Gasteiger partial charge in [0.1, 0.15) is 0 Å². The number of fused-ring (bicyclic) bond motifs is 1. The molecule has 3 rings (SSSR count). The highest BCUT2D eigenvalue weighted by Crippen LogP contribution is 2.41. The van der Waals surface area contributed by atoms with Crippen LogP contribution in [0, 0.1) is 18.8 Å². The average Bonchev–Trinajstić information content (AvgIpc) is 3.20. The molecule has 6 heteroatoms. The van der Waals surface area contributed by atoms with E-state index in [-0.39, 0.29) is 11.7 Å². The number of nitrogens with zero attached hydrogens (tertiary/aromatic N) is 1. The molecule has 1 fully saturated rings. The summed E-state index contributed by atoms with van der Waals surface area (Å²) in [6.45, 7) is 2.45. The molecule has 5 nitrogen and oxygen atoms in total. The second-order valence-electron chi connectivity index (χ2n) is 6.38. The molecular weight excluding hydrogens is 302 g/mol. The molecule has 1 N–H and O–H groups in total. The summed E-state index contributed by atoms with van der Waals surface area (Å²) in [6, 6.07) is 5.95. The minimum absolute atomic E-state index is 0.0582. The lowest BCUT2D eigenvalue weighted by Crippen LogP contribution is -2.34. The van der Waals surface area contributed by atoms with Crippen LogP contribution in [-0.2, 0) is 21.2 Å². The first kappa shape index (κ1) is 15.3. The van der Waals surface area contributed by atoms with Gasteiger partial charge in [-0.15, -0.1) is 0 Å². The summed E-state index contributed by atoms with van der Waals surface area (Å²) >= 11 is 0. The molecular formula is C16H21NO4S. The molecule has 1 aromatic rings. The molecule has 0 amide bonds. The average molecular weight is 323 g/mol. The first-order valence-electron chi connectivity index (χ1n) is 7.71. The molecule has 1 aliphatic carbocycles. The first-order valence-corrected chi connectivity index (χ1v) is 9.32. The summed E-state index contributed by atoms with van der Waals surface area (Å²) in [5, 5.41) is 8.96. The quantitative estimate of drug-likeness (QED) is 0.921. The lowest BCUT2D eigenvalue weighted by atomic mass is 10.1. The van der Waals surface area contributed by atoms with E-state index in [1.165, 1.54) is 4.31 Å². The lowest BCUT2D eigenvalue weighted by molar-refractivity contribution is -0.138. The van der Waals surface area contributed by atoms with Crippen molar-refractivity contribution < 1.29 is 18.3 Å². The van der Waals surface area contributed by atoms with Crippen molar-refractivity contribution in [2.24, 2.45) is 11.8 Å². The van der Waals surface area contributed by atoms with E-state index in [1.807, 2.05) is 25.1 Å². The fourth-order valence-electron chi connectivity index (χ4n) is 3.19. The smallest absolute Gasteiger partial charge is 0.306 e. The zero-order valence-corrected chi connectivity index (χ0v) is 13.5. The number of hydrogen-bond acceptors (Lipinski definition) is 3. The second kappa shape index (κ2) is 5.57. The Hall–Kier alpha value is -1.56. The highest BCUT2D eigenvalue weighted by atomic mass is 32.2. The van der Waals surface area contributed by atoms with Crippen LogP contribution in [0.2, 0.25) is 0 Å². The van der Waals surface area contributed by atoms with E-state index in [9.17, 15) is 13.2 Å². The summed E-state index contributed by atoms with van der Waals surface area (Å²) in [5.41, 5.74) is 2.89. The van der Waals surface area contributed by atoms with Gasteiger partial charge in [0.25, 0.3) is 0 Å². The lowest BCUT2D eigenvalue weighted by Gasteiger charge is -2.25. The van der Waals surface area contributed by atoms with Crippen LogP contribution in [0.15, 0.2) is 18.2 Å². The van der Waals surface area contributed by atoms with Gasteiger partial charge in [-0.25, -0.2) is 8.42 Å². The van der Waals surface area contributed by atoms with Gasteiger partial charge in [-0.05, 0) is 55.7 Å². The molecule has 0 unspecified atom stereocenters. The zero-order valence-electron chi connectivity index (χ0n) is 12.7. The Morgan fingerprint density at radius 2 is 2.14 bits per heavy atom. The first-order chi connectivity index (χ1) is 10.4. The highest BCUT2D eigenvalue weighted by Gasteiger charge is 2.46. The number of carboxylic acids is 1. The predicted molar refractivity (Wildman–Crippen MR) is 84.5 cm³/mol. The predicted octanol–water partition coefficient (Wildman–Crippen LogP) is 2.19. The van der Waals surface area contributed by atoms with Crippen LogP contribution in [0.5, 0.6) is 0 Å². The number of aryl methyl sites for hydroxylation is 2. The number of aliphatic carboxylic acids is 1.